The molecule has 1 aromatic heterocycles. The van der Waals surface area contributed by atoms with Crippen molar-refractivity contribution in [3.8, 4) is 0 Å². The fourth-order valence-electron chi connectivity index (χ4n) is 3.08. The van der Waals surface area contributed by atoms with Gasteiger partial charge in [0.2, 0.25) is 0 Å². The predicted molar refractivity (Wildman–Crippen MR) is 86.6 cm³/mol. The lowest BCUT2D eigenvalue weighted by Gasteiger charge is -2.23. The Kier molecular flexibility index (Phi) is 4.45. The van der Waals surface area contributed by atoms with Crippen LogP contribution in [0.3, 0.4) is 0 Å². The van der Waals surface area contributed by atoms with Gasteiger partial charge in [0.25, 0.3) is 0 Å². The highest BCUT2D eigenvalue weighted by Gasteiger charge is 2.30. The number of hydrogen-bond donors (Lipinski definition) is 2. The number of nitrogens with zero attached hydrogens (tertiary/aromatic N) is 1. The van der Waals surface area contributed by atoms with E-state index in [1.165, 1.54) is 5.56 Å². The average molecular weight is 322 g/mol. The second-order valence-electron chi connectivity index (χ2n) is 5.41. The van der Waals surface area contributed by atoms with Gasteiger partial charge in [-0.15, -0.1) is 0 Å². The van der Waals surface area contributed by atoms with Crippen LogP contribution in [-0.2, 0) is 12.8 Å². The number of nitrogens with two attached hydrogens (primary N) is 1. The van der Waals surface area contributed by atoms with Crippen LogP contribution in [0.4, 0.5) is 0 Å². The molecule has 0 saturated carbocycles. The van der Waals surface area contributed by atoms with Crippen LogP contribution >= 0.6 is 23.2 Å². The molecule has 110 valence electrons. The van der Waals surface area contributed by atoms with Gasteiger partial charge >= 0.3 is 0 Å². The molecule has 3 nitrogen and oxygen atoms in total. The molecule has 2 atom stereocenters. The molecule has 3 rings (SSSR count). The molecule has 1 heterocycles. The van der Waals surface area contributed by atoms with Crippen molar-refractivity contribution in [1.82, 2.24) is 10.4 Å². The van der Waals surface area contributed by atoms with Crippen molar-refractivity contribution in [3.63, 3.8) is 0 Å². The molecule has 2 unspecified atom stereocenters. The van der Waals surface area contributed by atoms with Crippen LogP contribution in [0.25, 0.3) is 0 Å². The van der Waals surface area contributed by atoms with Gasteiger partial charge in [0.1, 0.15) is 0 Å². The molecule has 1 aliphatic carbocycles. The summed E-state index contributed by atoms with van der Waals surface area (Å²) in [6, 6.07) is 9.83. The lowest BCUT2D eigenvalue weighted by atomic mass is 9.92. The standard InChI is InChI=1S/C16H17Cl2N3/c17-12-5-3-11(14(18)9-12)8-15(21-19)13-6-4-10-2-1-7-20-16(10)13/h1-3,5,7,9,13,15,21H,4,6,8,19H2. The van der Waals surface area contributed by atoms with Gasteiger partial charge in [0.15, 0.2) is 0 Å². The minimum absolute atomic E-state index is 0.111. The van der Waals surface area contributed by atoms with Gasteiger partial charge in [-0.25, -0.2) is 0 Å². The summed E-state index contributed by atoms with van der Waals surface area (Å²) in [5, 5.41) is 1.33. The van der Waals surface area contributed by atoms with E-state index in [9.17, 15) is 0 Å². The number of halogens is 2. The maximum atomic E-state index is 6.27. The zero-order valence-electron chi connectivity index (χ0n) is 11.5. The summed E-state index contributed by atoms with van der Waals surface area (Å²) in [7, 11) is 0. The van der Waals surface area contributed by atoms with Crippen LogP contribution in [0, 0.1) is 0 Å². The summed E-state index contributed by atoms with van der Waals surface area (Å²) in [6.07, 6.45) is 4.72. The molecular formula is C16H17Cl2N3. The first-order valence-corrected chi connectivity index (χ1v) is 7.78. The lowest BCUT2D eigenvalue weighted by Crippen LogP contribution is -2.41. The van der Waals surface area contributed by atoms with Crippen molar-refractivity contribution in [2.24, 2.45) is 5.84 Å². The second-order valence-corrected chi connectivity index (χ2v) is 6.25. The summed E-state index contributed by atoms with van der Waals surface area (Å²) in [6.45, 7) is 0. The normalized spacial score (nSPS) is 18.5. The molecule has 21 heavy (non-hydrogen) atoms. The highest BCUT2D eigenvalue weighted by molar-refractivity contribution is 6.35. The number of nitrogens with one attached hydrogen (secondary N) is 1. The number of benzene rings is 1. The molecule has 1 aliphatic rings. The Morgan fingerprint density at radius 1 is 1.33 bits per heavy atom. The Hall–Kier alpha value is -1.13. The van der Waals surface area contributed by atoms with Crippen molar-refractivity contribution >= 4 is 23.2 Å². The molecule has 0 spiro atoms. The van der Waals surface area contributed by atoms with Crippen molar-refractivity contribution in [3.05, 3.63) is 63.4 Å². The molecule has 0 fully saturated rings. The van der Waals surface area contributed by atoms with Gasteiger partial charge in [0.05, 0.1) is 0 Å². The summed E-state index contributed by atoms with van der Waals surface area (Å²) < 4.78 is 0. The van der Waals surface area contributed by atoms with Crippen LogP contribution in [0.5, 0.6) is 0 Å². The number of hydrogen-bond acceptors (Lipinski definition) is 3. The summed E-state index contributed by atoms with van der Waals surface area (Å²) in [5.74, 6) is 6.11. The van der Waals surface area contributed by atoms with Gasteiger partial charge in [-0.05, 0) is 48.6 Å². The Bertz CT molecular complexity index is 645. The quantitative estimate of drug-likeness (QED) is 0.669. The number of aromatic nitrogens is 1. The van der Waals surface area contributed by atoms with E-state index in [1.807, 2.05) is 24.4 Å². The maximum Gasteiger partial charge on any atom is 0.0482 e. The lowest BCUT2D eigenvalue weighted by molar-refractivity contribution is 0.429. The van der Waals surface area contributed by atoms with Gasteiger partial charge < -0.3 is 0 Å². The average Bonchev–Trinajstić information content (AvgIpc) is 2.91. The fourth-order valence-corrected chi connectivity index (χ4v) is 3.56. The Morgan fingerprint density at radius 2 is 2.19 bits per heavy atom. The number of rotatable bonds is 4. The van der Waals surface area contributed by atoms with Gasteiger partial charge in [-0.3, -0.25) is 16.3 Å². The van der Waals surface area contributed by atoms with Gasteiger partial charge in [-0.2, -0.15) is 0 Å². The van der Waals surface area contributed by atoms with Gasteiger partial charge in [0, 0.05) is 33.9 Å². The van der Waals surface area contributed by atoms with E-state index in [0.29, 0.717) is 16.0 Å². The third-order valence-corrected chi connectivity index (χ3v) is 4.74. The number of fused-ring (bicyclic) bond motifs is 1. The molecule has 2 aromatic rings. The van der Waals surface area contributed by atoms with E-state index in [-0.39, 0.29) is 6.04 Å². The monoisotopic (exact) mass is 321 g/mol. The number of hydrazine groups is 1. The molecule has 3 N–H and O–H groups in total. The van der Waals surface area contributed by atoms with Crippen LogP contribution < -0.4 is 11.3 Å². The first-order chi connectivity index (χ1) is 10.2. The van der Waals surface area contributed by atoms with E-state index < -0.39 is 0 Å². The van der Waals surface area contributed by atoms with Crippen LogP contribution in [-0.4, -0.2) is 11.0 Å². The van der Waals surface area contributed by atoms with Crippen molar-refractivity contribution < 1.29 is 0 Å². The SMILES string of the molecule is NNC(Cc1ccc(Cl)cc1Cl)C1CCc2cccnc21. The zero-order valence-corrected chi connectivity index (χ0v) is 13.0. The third-order valence-electron chi connectivity index (χ3n) is 4.16. The van der Waals surface area contributed by atoms with E-state index in [1.54, 1.807) is 6.07 Å². The zero-order chi connectivity index (χ0) is 14.8. The molecule has 0 saturated heterocycles. The minimum Gasteiger partial charge on any atom is -0.271 e. The van der Waals surface area contributed by atoms with E-state index in [2.05, 4.69) is 16.5 Å². The first kappa shape index (κ1) is 14.8. The minimum atomic E-state index is 0.111. The van der Waals surface area contributed by atoms with Crippen LogP contribution in [0.1, 0.15) is 29.2 Å². The van der Waals surface area contributed by atoms with Crippen LogP contribution in [0.15, 0.2) is 36.5 Å². The molecule has 0 amide bonds. The largest absolute Gasteiger partial charge is 0.271 e. The summed E-state index contributed by atoms with van der Waals surface area (Å²) in [4.78, 5) is 4.54. The van der Waals surface area contributed by atoms with E-state index in [0.717, 1.165) is 30.5 Å². The van der Waals surface area contributed by atoms with Crippen molar-refractivity contribution in [2.45, 2.75) is 31.2 Å². The fraction of sp³-hybridized carbons (Fsp3) is 0.312. The number of aryl methyl sites for hydroxylation is 1. The summed E-state index contributed by atoms with van der Waals surface area (Å²) in [5.41, 5.74) is 6.47. The smallest absolute Gasteiger partial charge is 0.0482 e. The predicted octanol–water partition coefficient (Wildman–Crippen LogP) is 3.49. The topological polar surface area (TPSA) is 50.9 Å². The van der Waals surface area contributed by atoms with Crippen molar-refractivity contribution in [1.29, 1.82) is 0 Å². The Labute approximate surface area is 134 Å². The first-order valence-electron chi connectivity index (χ1n) is 7.03. The number of pyridine rings is 1. The molecule has 0 bridgehead atoms. The van der Waals surface area contributed by atoms with Crippen molar-refractivity contribution in [2.75, 3.05) is 0 Å². The second kappa shape index (κ2) is 6.32. The highest BCUT2D eigenvalue weighted by Crippen LogP contribution is 2.35. The summed E-state index contributed by atoms with van der Waals surface area (Å²) >= 11 is 12.2. The van der Waals surface area contributed by atoms with E-state index >= 15 is 0 Å². The van der Waals surface area contributed by atoms with Crippen LogP contribution in [0.2, 0.25) is 10.0 Å². The van der Waals surface area contributed by atoms with E-state index in [4.69, 9.17) is 29.0 Å². The molecule has 0 radical (unpaired) electrons. The molecule has 1 aromatic carbocycles. The Morgan fingerprint density at radius 3 is 2.95 bits per heavy atom. The molecular weight excluding hydrogens is 305 g/mol. The highest BCUT2D eigenvalue weighted by atomic mass is 35.5. The maximum absolute atomic E-state index is 6.27. The molecule has 0 aliphatic heterocycles. The third kappa shape index (κ3) is 3.06. The Balaban J connectivity index is 1.83. The van der Waals surface area contributed by atoms with Gasteiger partial charge in [-0.1, -0.05) is 35.3 Å². The molecule has 5 heteroatoms.